The first-order valence-electron chi connectivity index (χ1n) is 5.80. The number of esters is 1. The van der Waals surface area contributed by atoms with E-state index in [-0.39, 0.29) is 18.2 Å². The number of carbonyl (C=O) groups excluding carboxylic acids is 1. The van der Waals surface area contributed by atoms with E-state index in [2.05, 4.69) is 0 Å². The summed E-state index contributed by atoms with van der Waals surface area (Å²) in [4.78, 5) is 10.9. The summed E-state index contributed by atoms with van der Waals surface area (Å²) < 4.78 is 16.7. The lowest BCUT2D eigenvalue weighted by molar-refractivity contribution is -0.261. The summed E-state index contributed by atoms with van der Waals surface area (Å²) in [6.07, 6.45) is 6.37. The van der Waals surface area contributed by atoms with Crippen molar-refractivity contribution < 1.29 is 19.0 Å². The van der Waals surface area contributed by atoms with E-state index in [1.54, 1.807) is 0 Å². The molecule has 2 rings (SSSR count). The SMILES string of the molecule is CC(=O)O[C@H]1C=C[C@]2(CCCCO2)O[C@@H]1C. The third-order valence-electron chi connectivity index (χ3n) is 2.96. The van der Waals surface area contributed by atoms with Gasteiger partial charge in [-0.25, -0.2) is 0 Å². The highest BCUT2D eigenvalue weighted by Gasteiger charge is 2.39. The van der Waals surface area contributed by atoms with Crippen molar-refractivity contribution in [2.24, 2.45) is 0 Å². The molecule has 0 amide bonds. The maximum Gasteiger partial charge on any atom is 0.303 e. The molecule has 2 heterocycles. The van der Waals surface area contributed by atoms with Gasteiger partial charge in [0.25, 0.3) is 0 Å². The standard InChI is InChI=1S/C12H18O4/c1-9-11(15-10(2)13)5-7-12(16-9)6-3-4-8-14-12/h5,7,9,11H,3-4,6,8H2,1-2H3/t9-,11+,12+/m1/s1. The van der Waals surface area contributed by atoms with Gasteiger partial charge >= 0.3 is 5.97 Å². The van der Waals surface area contributed by atoms with Crippen LogP contribution in [-0.2, 0) is 19.0 Å². The van der Waals surface area contributed by atoms with Gasteiger partial charge in [0.2, 0.25) is 0 Å². The van der Waals surface area contributed by atoms with Gasteiger partial charge in [-0.2, -0.15) is 0 Å². The number of carbonyl (C=O) groups is 1. The Balaban J connectivity index is 2.04. The van der Waals surface area contributed by atoms with Gasteiger partial charge in [0.05, 0.1) is 12.7 Å². The molecule has 0 aromatic rings. The van der Waals surface area contributed by atoms with Crippen LogP contribution in [0.25, 0.3) is 0 Å². The average Bonchev–Trinajstić information content (AvgIpc) is 2.23. The largest absolute Gasteiger partial charge is 0.456 e. The van der Waals surface area contributed by atoms with Crippen LogP contribution in [0.1, 0.15) is 33.1 Å². The highest BCUT2D eigenvalue weighted by atomic mass is 16.7. The molecule has 4 nitrogen and oxygen atoms in total. The van der Waals surface area contributed by atoms with Gasteiger partial charge in [0.1, 0.15) is 6.10 Å². The number of rotatable bonds is 1. The quantitative estimate of drug-likeness (QED) is 0.505. The highest BCUT2D eigenvalue weighted by molar-refractivity contribution is 5.66. The topological polar surface area (TPSA) is 44.8 Å². The summed E-state index contributed by atoms with van der Waals surface area (Å²) in [6, 6.07) is 0. The van der Waals surface area contributed by atoms with Crippen molar-refractivity contribution in [1.82, 2.24) is 0 Å². The fourth-order valence-electron chi connectivity index (χ4n) is 2.16. The van der Waals surface area contributed by atoms with Gasteiger partial charge in [-0.3, -0.25) is 4.79 Å². The lowest BCUT2D eigenvalue weighted by Gasteiger charge is -2.41. The van der Waals surface area contributed by atoms with Crippen molar-refractivity contribution in [3.05, 3.63) is 12.2 Å². The summed E-state index contributed by atoms with van der Waals surface area (Å²) in [5, 5.41) is 0. The molecule has 0 bridgehead atoms. The minimum atomic E-state index is -0.575. The minimum absolute atomic E-state index is 0.160. The molecule has 0 unspecified atom stereocenters. The van der Waals surface area contributed by atoms with Crippen LogP contribution in [0.4, 0.5) is 0 Å². The van der Waals surface area contributed by atoms with Crippen LogP contribution in [0.3, 0.4) is 0 Å². The van der Waals surface area contributed by atoms with E-state index >= 15 is 0 Å². The Labute approximate surface area is 95.6 Å². The fraction of sp³-hybridized carbons (Fsp3) is 0.750. The van der Waals surface area contributed by atoms with Crippen LogP contribution < -0.4 is 0 Å². The molecular formula is C12H18O4. The molecule has 0 aromatic heterocycles. The Morgan fingerprint density at radius 2 is 2.31 bits per heavy atom. The summed E-state index contributed by atoms with van der Waals surface area (Å²) in [5.41, 5.74) is 0. The Morgan fingerprint density at radius 1 is 1.50 bits per heavy atom. The van der Waals surface area contributed by atoms with Crippen molar-refractivity contribution in [3.63, 3.8) is 0 Å². The van der Waals surface area contributed by atoms with E-state index in [0.717, 1.165) is 25.9 Å². The molecule has 0 saturated carbocycles. The summed E-state index contributed by atoms with van der Waals surface area (Å²) in [5.74, 6) is -0.862. The molecule has 16 heavy (non-hydrogen) atoms. The lowest BCUT2D eigenvalue weighted by Crippen LogP contribution is -2.47. The molecule has 0 radical (unpaired) electrons. The van der Waals surface area contributed by atoms with Crippen LogP contribution in [0.2, 0.25) is 0 Å². The highest BCUT2D eigenvalue weighted by Crippen LogP contribution is 2.33. The molecule has 2 aliphatic rings. The zero-order chi connectivity index (χ0) is 11.6. The van der Waals surface area contributed by atoms with Gasteiger partial charge in [0.15, 0.2) is 5.79 Å². The second-order valence-electron chi connectivity index (χ2n) is 4.37. The molecule has 0 aromatic carbocycles. The monoisotopic (exact) mass is 226 g/mol. The van der Waals surface area contributed by atoms with Crippen molar-refractivity contribution in [2.75, 3.05) is 6.61 Å². The van der Waals surface area contributed by atoms with Crippen LogP contribution in [0.5, 0.6) is 0 Å². The van der Waals surface area contributed by atoms with E-state index in [1.807, 2.05) is 19.1 Å². The van der Waals surface area contributed by atoms with Crippen molar-refractivity contribution in [2.45, 2.75) is 51.1 Å². The van der Waals surface area contributed by atoms with Crippen molar-refractivity contribution in [1.29, 1.82) is 0 Å². The second kappa shape index (κ2) is 4.55. The van der Waals surface area contributed by atoms with Crippen molar-refractivity contribution >= 4 is 5.97 Å². The van der Waals surface area contributed by atoms with Crippen LogP contribution in [0.15, 0.2) is 12.2 Å². The Kier molecular flexibility index (Phi) is 3.30. The van der Waals surface area contributed by atoms with Crippen LogP contribution >= 0.6 is 0 Å². The van der Waals surface area contributed by atoms with Gasteiger partial charge in [-0.05, 0) is 31.9 Å². The Morgan fingerprint density at radius 3 is 2.88 bits per heavy atom. The van der Waals surface area contributed by atoms with E-state index in [4.69, 9.17) is 14.2 Å². The first-order valence-corrected chi connectivity index (χ1v) is 5.80. The molecule has 4 heteroatoms. The summed E-state index contributed by atoms with van der Waals surface area (Å²) in [7, 11) is 0. The van der Waals surface area contributed by atoms with Gasteiger partial charge in [-0.15, -0.1) is 0 Å². The molecular weight excluding hydrogens is 208 g/mol. The third-order valence-corrected chi connectivity index (χ3v) is 2.96. The Bertz CT molecular complexity index is 291. The molecule has 90 valence electrons. The smallest absolute Gasteiger partial charge is 0.303 e. The minimum Gasteiger partial charge on any atom is -0.456 e. The molecule has 1 fully saturated rings. The van der Waals surface area contributed by atoms with Crippen LogP contribution in [0, 0.1) is 0 Å². The zero-order valence-corrected chi connectivity index (χ0v) is 9.77. The van der Waals surface area contributed by atoms with Crippen LogP contribution in [-0.4, -0.2) is 30.6 Å². The van der Waals surface area contributed by atoms with E-state index in [9.17, 15) is 4.79 Å². The summed E-state index contributed by atoms with van der Waals surface area (Å²) >= 11 is 0. The maximum absolute atomic E-state index is 10.9. The van der Waals surface area contributed by atoms with Gasteiger partial charge in [-0.1, -0.05) is 0 Å². The number of ether oxygens (including phenoxy) is 3. The van der Waals surface area contributed by atoms with E-state index in [1.165, 1.54) is 6.92 Å². The summed E-state index contributed by atoms with van der Waals surface area (Å²) in [6.45, 7) is 4.04. The maximum atomic E-state index is 10.9. The molecule has 0 aliphatic carbocycles. The Hall–Kier alpha value is -0.870. The normalized spacial score (nSPS) is 38.6. The predicted octanol–water partition coefficient (Wildman–Crippen LogP) is 1.79. The van der Waals surface area contributed by atoms with E-state index < -0.39 is 5.79 Å². The molecule has 0 N–H and O–H groups in total. The first-order chi connectivity index (χ1) is 7.61. The fourth-order valence-corrected chi connectivity index (χ4v) is 2.16. The third kappa shape index (κ3) is 2.44. The lowest BCUT2D eigenvalue weighted by atomic mass is 10.00. The molecule has 1 spiro atoms. The number of hydrogen-bond donors (Lipinski definition) is 0. The molecule has 3 atom stereocenters. The second-order valence-corrected chi connectivity index (χ2v) is 4.37. The number of hydrogen-bond acceptors (Lipinski definition) is 4. The predicted molar refractivity (Wildman–Crippen MR) is 57.8 cm³/mol. The van der Waals surface area contributed by atoms with Crippen molar-refractivity contribution in [3.8, 4) is 0 Å². The zero-order valence-electron chi connectivity index (χ0n) is 9.77. The van der Waals surface area contributed by atoms with Gasteiger partial charge < -0.3 is 14.2 Å². The molecule has 2 aliphatic heterocycles. The molecule has 1 saturated heterocycles. The first kappa shape index (κ1) is 11.6. The van der Waals surface area contributed by atoms with E-state index in [0.29, 0.717) is 0 Å². The van der Waals surface area contributed by atoms with Gasteiger partial charge in [0, 0.05) is 13.3 Å². The average molecular weight is 226 g/mol.